The fourth-order valence-corrected chi connectivity index (χ4v) is 3.08. The molecule has 2 amide bonds. The normalized spacial score (nSPS) is 22.9. The van der Waals surface area contributed by atoms with Gasteiger partial charge in [-0.15, -0.1) is 0 Å². The maximum absolute atomic E-state index is 12.0. The topological polar surface area (TPSA) is 78.4 Å². The van der Waals surface area contributed by atoms with Crippen LogP contribution in [0.25, 0.3) is 0 Å². The predicted molar refractivity (Wildman–Crippen MR) is 82.1 cm³/mol. The van der Waals surface area contributed by atoms with Gasteiger partial charge in [-0.2, -0.15) is 11.8 Å². The molecule has 3 N–H and O–H groups in total. The van der Waals surface area contributed by atoms with E-state index in [0.717, 1.165) is 19.3 Å². The van der Waals surface area contributed by atoms with Gasteiger partial charge in [0.2, 0.25) is 0 Å². The van der Waals surface area contributed by atoms with Crippen molar-refractivity contribution in [2.75, 3.05) is 12.0 Å². The van der Waals surface area contributed by atoms with E-state index in [2.05, 4.69) is 24.5 Å². The molecule has 0 aromatic heterocycles. The Bertz CT molecular complexity index is 347. The van der Waals surface area contributed by atoms with Crippen molar-refractivity contribution >= 4 is 23.8 Å². The summed E-state index contributed by atoms with van der Waals surface area (Å²) in [5.74, 6) is -0.260. The van der Waals surface area contributed by atoms with Gasteiger partial charge in [0.1, 0.15) is 6.04 Å². The second-order valence-corrected chi connectivity index (χ2v) is 7.06. The van der Waals surface area contributed by atoms with Gasteiger partial charge in [0, 0.05) is 6.04 Å². The van der Waals surface area contributed by atoms with Gasteiger partial charge in [0.05, 0.1) is 0 Å². The van der Waals surface area contributed by atoms with E-state index in [9.17, 15) is 9.59 Å². The number of rotatable bonds is 6. The molecule has 1 fully saturated rings. The van der Waals surface area contributed by atoms with Crippen LogP contribution < -0.4 is 10.6 Å². The number of carbonyl (C=O) groups is 2. The lowest BCUT2D eigenvalue weighted by molar-refractivity contribution is -0.139. The number of urea groups is 1. The predicted octanol–water partition coefficient (Wildman–Crippen LogP) is 2.46. The molecule has 0 aliphatic heterocycles. The average molecular weight is 302 g/mol. The van der Waals surface area contributed by atoms with Crippen LogP contribution in [0.15, 0.2) is 0 Å². The van der Waals surface area contributed by atoms with Gasteiger partial charge in [-0.05, 0) is 36.7 Å². The first kappa shape index (κ1) is 17.1. The van der Waals surface area contributed by atoms with Crippen molar-refractivity contribution < 1.29 is 14.7 Å². The molecule has 20 heavy (non-hydrogen) atoms. The summed E-state index contributed by atoms with van der Waals surface area (Å²) < 4.78 is 0. The third-order valence-electron chi connectivity index (χ3n) is 4.03. The standard InChI is InChI=1S/C14H26N2O3S/c1-14(2)8-5-4-6-11(14)16-13(19)15-10(12(17)18)7-9-20-3/h10-11H,4-9H2,1-3H3,(H,17,18)(H2,15,16,19). The lowest BCUT2D eigenvalue weighted by Gasteiger charge is -2.39. The second kappa shape index (κ2) is 7.76. The number of hydrogen-bond donors (Lipinski definition) is 3. The summed E-state index contributed by atoms with van der Waals surface area (Å²) >= 11 is 1.57. The lowest BCUT2D eigenvalue weighted by atomic mass is 9.73. The zero-order valence-corrected chi connectivity index (χ0v) is 13.4. The first-order valence-electron chi connectivity index (χ1n) is 7.15. The average Bonchev–Trinajstić information content (AvgIpc) is 2.36. The highest BCUT2D eigenvalue weighted by molar-refractivity contribution is 7.98. The molecule has 1 rings (SSSR count). The maximum Gasteiger partial charge on any atom is 0.326 e. The van der Waals surface area contributed by atoms with Crippen LogP contribution in [0, 0.1) is 5.41 Å². The summed E-state index contributed by atoms with van der Waals surface area (Å²) in [6.45, 7) is 4.30. The molecule has 2 unspecified atom stereocenters. The minimum atomic E-state index is -0.975. The van der Waals surface area contributed by atoms with Crippen molar-refractivity contribution in [2.45, 2.75) is 58.0 Å². The molecule has 0 aromatic carbocycles. The van der Waals surface area contributed by atoms with Gasteiger partial charge in [0.15, 0.2) is 0 Å². The van der Waals surface area contributed by atoms with Gasteiger partial charge in [-0.3, -0.25) is 0 Å². The Labute approximate surface area is 125 Å². The Morgan fingerprint density at radius 1 is 1.40 bits per heavy atom. The molecule has 5 nitrogen and oxygen atoms in total. The van der Waals surface area contributed by atoms with Gasteiger partial charge in [0.25, 0.3) is 0 Å². The first-order valence-corrected chi connectivity index (χ1v) is 8.55. The zero-order valence-electron chi connectivity index (χ0n) is 12.6. The smallest absolute Gasteiger partial charge is 0.326 e. The van der Waals surface area contributed by atoms with Crippen LogP contribution in [-0.4, -0.2) is 41.2 Å². The van der Waals surface area contributed by atoms with E-state index in [0.29, 0.717) is 12.2 Å². The highest BCUT2D eigenvalue weighted by atomic mass is 32.2. The molecule has 0 radical (unpaired) electrons. The summed E-state index contributed by atoms with van der Waals surface area (Å²) in [4.78, 5) is 23.1. The van der Waals surface area contributed by atoms with Crippen LogP contribution in [0.4, 0.5) is 4.79 Å². The van der Waals surface area contributed by atoms with E-state index < -0.39 is 12.0 Å². The zero-order chi connectivity index (χ0) is 15.2. The van der Waals surface area contributed by atoms with Crippen molar-refractivity contribution in [3.8, 4) is 0 Å². The fraction of sp³-hybridized carbons (Fsp3) is 0.857. The van der Waals surface area contributed by atoms with Crippen molar-refractivity contribution in [2.24, 2.45) is 5.41 Å². The number of amides is 2. The second-order valence-electron chi connectivity index (χ2n) is 6.08. The molecular weight excluding hydrogens is 276 g/mol. The maximum atomic E-state index is 12.0. The van der Waals surface area contributed by atoms with Crippen molar-refractivity contribution in [3.63, 3.8) is 0 Å². The van der Waals surface area contributed by atoms with E-state index >= 15 is 0 Å². The number of hydrogen-bond acceptors (Lipinski definition) is 3. The van der Waals surface area contributed by atoms with E-state index in [-0.39, 0.29) is 17.5 Å². The molecule has 0 spiro atoms. The Kier molecular flexibility index (Phi) is 6.65. The summed E-state index contributed by atoms with van der Waals surface area (Å²) in [5.41, 5.74) is 0.0770. The molecule has 0 heterocycles. The van der Waals surface area contributed by atoms with Crippen molar-refractivity contribution in [1.29, 1.82) is 0 Å². The number of carboxylic acid groups (broad SMARTS) is 1. The minimum absolute atomic E-state index is 0.0770. The largest absolute Gasteiger partial charge is 0.480 e. The van der Waals surface area contributed by atoms with Crippen LogP contribution in [0.5, 0.6) is 0 Å². The minimum Gasteiger partial charge on any atom is -0.480 e. The molecule has 0 aromatic rings. The molecule has 116 valence electrons. The molecule has 0 saturated heterocycles. The molecular formula is C14H26N2O3S. The first-order chi connectivity index (χ1) is 9.36. The van der Waals surface area contributed by atoms with E-state index in [1.807, 2.05) is 6.26 Å². The highest BCUT2D eigenvalue weighted by Crippen LogP contribution is 2.35. The number of carboxylic acids is 1. The van der Waals surface area contributed by atoms with Gasteiger partial charge < -0.3 is 15.7 Å². The molecule has 2 atom stereocenters. The van der Waals surface area contributed by atoms with Crippen LogP contribution in [-0.2, 0) is 4.79 Å². The highest BCUT2D eigenvalue weighted by Gasteiger charge is 2.33. The third-order valence-corrected chi connectivity index (χ3v) is 4.67. The van der Waals surface area contributed by atoms with Gasteiger partial charge >= 0.3 is 12.0 Å². The lowest BCUT2D eigenvalue weighted by Crippen LogP contribution is -2.53. The Morgan fingerprint density at radius 3 is 2.65 bits per heavy atom. The van der Waals surface area contributed by atoms with E-state index in [1.54, 1.807) is 11.8 Å². The molecule has 1 aliphatic carbocycles. The number of thioether (sulfide) groups is 1. The quantitative estimate of drug-likeness (QED) is 0.704. The van der Waals surface area contributed by atoms with Gasteiger partial charge in [-0.1, -0.05) is 26.7 Å². The molecule has 1 aliphatic rings. The number of carbonyl (C=O) groups excluding carboxylic acids is 1. The Hall–Kier alpha value is -0.910. The summed E-state index contributed by atoms with van der Waals surface area (Å²) in [7, 11) is 0. The summed E-state index contributed by atoms with van der Waals surface area (Å²) in [6, 6.07) is -1.06. The van der Waals surface area contributed by atoms with Crippen molar-refractivity contribution in [1.82, 2.24) is 10.6 Å². The SMILES string of the molecule is CSCCC(NC(=O)NC1CCCCC1(C)C)C(=O)O. The number of nitrogens with one attached hydrogen (secondary N) is 2. The van der Waals surface area contributed by atoms with Crippen LogP contribution in [0.2, 0.25) is 0 Å². The summed E-state index contributed by atoms with van der Waals surface area (Å²) in [6.07, 6.45) is 6.72. The van der Waals surface area contributed by atoms with E-state index in [4.69, 9.17) is 5.11 Å². The summed E-state index contributed by atoms with van der Waals surface area (Å²) in [5, 5.41) is 14.6. The van der Waals surface area contributed by atoms with Crippen molar-refractivity contribution in [3.05, 3.63) is 0 Å². The molecule has 6 heteroatoms. The Balaban J connectivity index is 2.50. The van der Waals surface area contributed by atoms with Crippen LogP contribution in [0.3, 0.4) is 0 Å². The number of aliphatic carboxylic acids is 1. The van der Waals surface area contributed by atoms with Crippen LogP contribution >= 0.6 is 11.8 Å². The molecule has 1 saturated carbocycles. The fourth-order valence-electron chi connectivity index (χ4n) is 2.61. The van der Waals surface area contributed by atoms with Gasteiger partial charge in [-0.25, -0.2) is 9.59 Å². The third kappa shape index (κ3) is 5.23. The monoisotopic (exact) mass is 302 g/mol. The molecule has 0 bridgehead atoms. The Morgan fingerprint density at radius 2 is 2.10 bits per heavy atom. The van der Waals surface area contributed by atoms with E-state index in [1.165, 1.54) is 6.42 Å². The van der Waals surface area contributed by atoms with Crippen LogP contribution in [0.1, 0.15) is 46.0 Å².